The number of rotatable bonds is 3. The molecule has 5 nitrogen and oxygen atoms in total. The highest BCUT2D eigenvalue weighted by molar-refractivity contribution is 6.30. The zero-order valence-corrected chi connectivity index (χ0v) is 11.3. The molecule has 0 saturated heterocycles. The molecule has 0 spiro atoms. The first-order chi connectivity index (χ1) is 8.97. The molecule has 19 heavy (non-hydrogen) atoms. The van der Waals surface area contributed by atoms with Crippen molar-refractivity contribution in [3.63, 3.8) is 0 Å². The Bertz CT molecular complexity index is 619. The smallest absolute Gasteiger partial charge is 0.322 e. The number of halogens is 1. The van der Waals surface area contributed by atoms with Crippen LogP contribution in [0.5, 0.6) is 11.8 Å². The Kier molecular flexibility index (Phi) is 3.66. The number of hydrogen-bond acceptors (Lipinski definition) is 4. The van der Waals surface area contributed by atoms with Crippen LogP contribution < -0.4 is 10.5 Å². The molecular formula is C13H13ClN4O. The summed E-state index contributed by atoms with van der Waals surface area (Å²) in [5.41, 5.74) is 7.48. The molecular weight excluding hydrogens is 264 g/mol. The van der Waals surface area contributed by atoms with E-state index in [1.807, 2.05) is 13.8 Å². The van der Waals surface area contributed by atoms with Gasteiger partial charge < -0.3 is 10.5 Å². The molecule has 0 aliphatic heterocycles. The number of nitrogen functional groups attached to an aromatic ring is 1. The maximum Gasteiger partial charge on any atom is 0.322 e. The quantitative estimate of drug-likeness (QED) is 0.667. The first kappa shape index (κ1) is 13.3. The molecule has 1 aromatic heterocycles. The van der Waals surface area contributed by atoms with Crippen molar-refractivity contribution in [2.45, 2.75) is 13.8 Å². The molecule has 0 saturated carbocycles. The van der Waals surface area contributed by atoms with Crippen LogP contribution in [0.1, 0.15) is 16.8 Å². The second kappa shape index (κ2) is 5.24. The van der Waals surface area contributed by atoms with Crippen LogP contribution in [-0.2, 0) is 0 Å². The standard InChI is InChI=1S/C13H13ClN4O/c1-7-5-9(14)6-8(2)11(7)19-13-17-4-3-10(18-13)12(15)16/h3-6H,1-2H3,(H3,15,16). The van der Waals surface area contributed by atoms with Gasteiger partial charge in [0.1, 0.15) is 17.3 Å². The van der Waals surface area contributed by atoms with Gasteiger partial charge in [0.2, 0.25) is 0 Å². The van der Waals surface area contributed by atoms with Crippen molar-refractivity contribution in [3.05, 3.63) is 46.2 Å². The third-order valence-corrected chi connectivity index (χ3v) is 2.75. The van der Waals surface area contributed by atoms with Crippen molar-refractivity contribution < 1.29 is 4.74 Å². The Balaban J connectivity index is 2.36. The predicted octanol–water partition coefficient (Wildman–Crippen LogP) is 2.82. The van der Waals surface area contributed by atoms with E-state index in [4.69, 9.17) is 27.5 Å². The monoisotopic (exact) mass is 276 g/mol. The van der Waals surface area contributed by atoms with E-state index >= 15 is 0 Å². The normalized spacial score (nSPS) is 10.3. The molecule has 2 rings (SSSR count). The number of aromatic nitrogens is 2. The molecule has 1 aromatic carbocycles. The molecule has 0 radical (unpaired) electrons. The lowest BCUT2D eigenvalue weighted by atomic mass is 10.1. The molecule has 0 unspecified atom stereocenters. The Labute approximate surface area is 115 Å². The Morgan fingerprint density at radius 1 is 1.32 bits per heavy atom. The number of nitrogens with zero attached hydrogens (tertiary/aromatic N) is 2. The molecule has 0 aliphatic rings. The fourth-order valence-electron chi connectivity index (χ4n) is 1.69. The van der Waals surface area contributed by atoms with Crippen LogP contribution in [0.2, 0.25) is 5.02 Å². The Morgan fingerprint density at radius 3 is 2.53 bits per heavy atom. The number of aryl methyl sites for hydroxylation is 2. The van der Waals surface area contributed by atoms with Gasteiger partial charge in [-0.3, -0.25) is 5.41 Å². The highest BCUT2D eigenvalue weighted by Gasteiger charge is 2.10. The summed E-state index contributed by atoms with van der Waals surface area (Å²) >= 11 is 5.96. The average molecular weight is 277 g/mol. The topological polar surface area (TPSA) is 84.9 Å². The van der Waals surface area contributed by atoms with E-state index in [9.17, 15) is 0 Å². The highest BCUT2D eigenvalue weighted by Crippen LogP contribution is 2.29. The van der Waals surface area contributed by atoms with Crippen molar-refractivity contribution in [1.82, 2.24) is 9.97 Å². The van der Waals surface area contributed by atoms with Gasteiger partial charge in [-0.05, 0) is 43.2 Å². The molecule has 2 aromatic rings. The van der Waals surface area contributed by atoms with Crippen molar-refractivity contribution >= 4 is 17.4 Å². The number of ether oxygens (including phenoxy) is 1. The lowest BCUT2D eigenvalue weighted by Crippen LogP contribution is -2.13. The fraction of sp³-hybridized carbons (Fsp3) is 0.154. The van der Waals surface area contributed by atoms with Crippen molar-refractivity contribution in [2.75, 3.05) is 0 Å². The predicted molar refractivity (Wildman–Crippen MR) is 74.0 cm³/mol. The molecule has 0 aliphatic carbocycles. The van der Waals surface area contributed by atoms with Gasteiger partial charge in [-0.1, -0.05) is 11.6 Å². The number of hydrogen-bond donors (Lipinski definition) is 2. The van der Waals surface area contributed by atoms with Crippen LogP contribution in [0.25, 0.3) is 0 Å². The average Bonchev–Trinajstić information content (AvgIpc) is 2.34. The van der Waals surface area contributed by atoms with E-state index in [1.165, 1.54) is 6.20 Å². The van der Waals surface area contributed by atoms with Crippen molar-refractivity contribution in [2.24, 2.45) is 5.73 Å². The molecule has 0 fully saturated rings. The highest BCUT2D eigenvalue weighted by atomic mass is 35.5. The minimum atomic E-state index is -0.128. The molecule has 6 heteroatoms. The first-order valence-corrected chi connectivity index (χ1v) is 5.97. The van der Waals surface area contributed by atoms with Gasteiger partial charge >= 0.3 is 6.01 Å². The second-order valence-electron chi connectivity index (χ2n) is 4.11. The lowest BCUT2D eigenvalue weighted by Gasteiger charge is -2.11. The lowest BCUT2D eigenvalue weighted by molar-refractivity contribution is 0.435. The van der Waals surface area contributed by atoms with Crippen LogP contribution in [0.15, 0.2) is 24.4 Å². The van der Waals surface area contributed by atoms with E-state index in [-0.39, 0.29) is 11.8 Å². The van der Waals surface area contributed by atoms with E-state index in [2.05, 4.69) is 9.97 Å². The van der Waals surface area contributed by atoms with Gasteiger partial charge in [0.05, 0.1) is 0 Å². The summed E-state index contributed by atoms with van der Waals surface area (Å²) in [4.78, 5) is 8.06. The van der Waals surface area contributed by atoms with E-state index < -0.39 is 0 Å². The third-order valence-electron chi connectivity index (χ3n) is 2.53. The largest absolute Gasteiger partial charge is 0.424 e. The van der Waals surface area contributed by atoms with Crippen LogP contribution >= 0.6 is 11.6 Å². The number of amidine groups is 1. The molecule has 1 heterocycles. The second-order valence-corrected chi connectivity index (χ2v) is 4.55. The SMILES string of the molecule is Cc1cc(Cl)cc(C)c1Oc1nccc(C(=N)N)n1. The van der Waals surface area contributed by atoms with Gasteiger partial charge in [-0.2, -0.15) is 4.98 Å². The minimum Gasteiger partial charge on any atom is -0.424 e. The maximum absolute atomic E-state index is 7.34. The van der Waals surface area contributed by atoms with Crippen LogP contribution in [0, 0.1) is 19.3 Å². The van der Waals surface area contributed by atoms with Crippen LogP contribution in [0.3, 0.4) is 0 Å². The summed E-state index contributed by atoms with van der Waals surface area (Å²) in [6.45, 7) is 3.78. The van der Waals surface area contributed by atoms with Gasteiger partial charge in [-0.15, -0.1) is 0 Å². The van der Waals surface area contributed by atoms with Crippen molar-refractivity contribution in [3.8, 4) is 11.8 Å². The zero-order valence-electron chi connectivity index (χ0n) is 10.6. The molecule has 0 bridgehead atoms. The summed E-state index contributed by atoms with van der Waals surface area (Å²) in [7, 11) is 0. The van der Waals surface area contributed by atoms with Gasteiger partial charge in [0.15, 0.2) is 0 Å². The van der Waals surface area contributed by atoms with Gasteiger partial charge in [-0.25, -0.2) is 4.98 Å². The molecule has 98 valence electrons. The summed E-state index contributed by atoms with van der Waals surface area (Å²) < 4.78 is 5.65. The Hall–Kier alpha value is -2.14. The van der Waals surface area contributed by atoms with E-state index in [1.54, 1.807) is 18.2 Å². The minimum absolute atomic E-state index is 0.128. The third kappa shape index (κ3) is 3.00. The summed E-state index contributed by atoms with van der Waals surface area (Å²) in [6.07, 6.45) is 1.50. The van der Waals surface area contributed by atoms with Crippen LogP contribution in [0.4, 0.5) is 0 Å². The maximum atomic E-state index is 7.34. The number of nitrogens with two attached hydrogens (primary N) is 1. The first-order valence-electron chi connectivity index (χ1n) is 5.59. The molecule has 3 N–H and O–H groups in total. The summed E-state index contributed by atoms with van der Waals surface area (Å²) in [5, 5.41) is 7.99. The van der Waals surface area contributed by atoms with Crippen LogP contribution in [-0.4, -0.2) is 15.8 Å². The van der Waals surface area contributed by atoms with Crippen molar-refractivity contribution in [1.29, 1.82) is 5.41 Å². The Morgan fingerprint density at radius 2 is 1.95 bits per heavy atom. The zero-order chi connectivity index (χ0) is 14.0. The fourth-order valence-corrected chi connectivity index (χ4v) is 2.02. The van der Waals surface area contributed by atoms with Gasteiger partial charge in [0, 0.05) is 11.2 Å². The molecule has 0 amide bonds. The molecule has 0 atom stereocenters. The van der Waals surface area contributed by atoms with E-state index in [0.717, 1.165) is 11.1 Å². The van der Waals surface area contributed by atoms with E-state index in [0.29, 0.717) is 16.5 Å². The summed E-state index contributed by atoms with van der Waals surface area (Å²) in [6, 6.07) is 5.31. The number of nitrogens with one attached hydrogen (secondary N) is 1. The summed E-state index contributed by atoms with van der Waals surface area (Å²) in [5.74, 6) is 0.530. The van der Waals surface area contributed by atoms with Gasteiger partial charge in [0.25, 0.3) is 0 Å². The number of benzene rings is 1.